The van der Waals surface area contributed by atoms with Crippen molar-refractivity contribution >= 4 is 33.4 Å². The quantitative estimate of drug-likeness (QED) is 0.767. The molecule has 5 nitrogen and oxygen atoms in total. The van der Waals surface area contributed by atoms with Crippen molar-refractivity contribution in [3.8, 4) is 0 Å². The van der Waals surface area contributed by atoms with E-state index < -0.39 is 0 Å². The predicted octanol–water partition coefficient (Wildman–Crippen LogP) is 2.85. The maximum absolute atomic E-state index is 12.4. The number of rotatable bonds is 6. The second kappa shape index (κ2) is 9.55. The van der Waals surface area contributed by atoms with Crippen molar-refractivity contribution in [1.82, 2.24) is 10.2 Å². The zero-order valence-electron chi connectivity index (χ0n) is 15.2. The fourth-order valence-corrected chi connectivity index (χ4v) is 3.43. The van der Waals surface area contributed by atoms with Gasteiger partial charge >= 0.3 is 0 Å². The minimum absolute atomic E-state index is 0.0565. The molecule has 0 bridgehead atoms. The van der Waals surface area contributed by atoms with E-state index in [9.17, 15) is 9.59 Å². The van der Waals surface area contributed by atoms with Gasteiger partial charge in [0.2, 0.25) is 11.8 Å². The number of nitrogens with one attached hydrogen (secondary N) is 1. The SMILES string of the molecule is O=C(Cc1ccc(Br)cc1)NCCC(=O)N1CCN(c2ccccc2)CC1. The highest BCUT2D eigenvalue weighted by molar-refractivity contribution is 9.10. The molecule has 2 amide bonds. The summed E-state index contributed by atoms with van der Waals surface area (Å²) >= 11 is 3.38. The molecule has 1 aliphatic rings. The lowest BCUT2D eigenvalue weighted by atomic mass is 10.1. The number of amides is 2. The third-order valence-corrected chi connectivity index (χ3v) is 5.22. The van der Waals surface area contributed by atoms with Crippen LogP contribution in [0.1, 0.15) is 12.0 Å². The van der Waals surface area contributed by atoms with Crippen LogP contribution in [0, 0.1) is 0 Å². The number of carbonyl (C=O) groups excluding carboxylic acids is 2. The van der Waals surface area contributed by atoms with E-state index in [-0.39, 0.29) is 11.8 Å². The molecule has 0 unspecified atom stereocenters. The molecular weight excluding hydrogens is 406 g/mol. The van der Waals surface area contributed by atoms with Crippen LogP contribution in [0.4, 0.5) is 5.69 Å². The van der Waals surface area contributed by atoms with Crippen LogP contribution in [0.25, 0.3) is 0 Å². The first kappa shape index (κ1) is 19.4. The summed E-state index contributed by atoms with van der Waals surface area (Å²) in [5.74, 6) is 0.0469. The van der Waals surface area contributed by atoms with Crippen molar-refractivity contribution < 1.29 is 9.59 Å². The molecule has 6 heteroatoms. The van der Waals surface area contributed by atoms with E-state index >= 15 is 0 Å². The fraction of sp³-hybridized carbons (Fsp3) is 0.333. The number of hydrogen-bond acceptors (Lipinski definition) is 3. The molecule has 1 N–H and O–H groups in total. The molecule has 0 spiro atoms. The molecular formula is C21H24BrN3O2. The van der Waals surface area contributed by atoms with Crippen LogP contribution in [0.2, 0.25) is 0 Å². The lowest BCUT2D eigenvalue weighted by Crippen LogP contribution is -2.49. The van der Waals surface area contributed by atoms with Crippen molar-refractivity contribution in [2.75, 3.05) is 37.6 Å². The molecule has 0 atom stereocenters. The highest BCUT2D eigenvalue weighted by atomic mass is 79.9. The van der Waals surface area contributed by atoms with Gasteiger partial charge in [0.15, 0.2) is 0 Å². The van der Waals surface area contributed by atoms with Crippen molar-refractivity contribution in [3.63, 3.8) is 0 Å². The van der Waals surface area contributed by atoms with Crippen molar-refractivity contribution in [1.29, 1.82) is 0 Å². The van der Waals surface area contributed by atoms with Crippen LogP contribution in [0.5, 0.6) is 0 Å². The summed E-state index contributed by atoms with van der Waals surface area (Å²) in [6, 6.07) is 17.9. The Balaban J connectivity index is 1.36. The average molecular weight is 430 g/mol. The summed E-state index contributed by atoms with van der Waals surface area (Å²) in [5, 5.41) is 2.84. The average Bonchev–Trinajstić information content (AvgIpc) is 2.70. The molecule has 2 aromatic rings. The summed E-state index contributed by atoms with van der Waals surface area (Å²) in [4.78, 5) is 28.6. The molecule has 142 valence electrons. The number of piperazine rings is 1. The monoisotopic (exact) mass is 429 g/mol. The summed E-state index contributed by atoms with van der Waals surface area (Å²) in [6.45, 7) is 3.51. The van der Waals surface area contributed by atoms with Gasteiger partial charge in [-0.2, -0.15) is 0 Å². The maximum Gasteiger partial charge on any atom is 0.224 e. The van der Waals surface area contributed by atoms with Gasteiger partial charge in [0, 0.05) is 49.3 Å². The van der Waals surface area contributed by atoms with E-state index in [1.54, 1.807) is 0 Å². The lowest BCUT2D eigenvalue weighted by Gasteiger charge is -2.36. The smallest absolute Gasteiger partial charge is 0.224 e. The van der Waals surface area contributed by atoms with E-state index in [1.807, 2.05) is 47.4 Å². The van der Waals surface area contributed by atoms with Crippen LogP contribution >= 0.6 is 15.9 Å². The molecule has 0 aliphatic carbocycles. The molecule has 3 rings (SSSR count). The third-order valence-electron chi connectivity index (χ3n) is 4.69. The maximum atomic E-state index is 12.4. The van der Waals surface area contributed by atoms with Gasteiger partial charge < -0.3 is 15.1 Å². The Labute approximate surface area is 168 Å². The third kappa shape index (κ3) is 5.82. The van der Waals surface area contributed by atoms with E-state index in [0.29, 0.717) is 19.4 Å². The van der Waals surface area contributed by atoms with Crippen LogP contribution in [0.3, 0.4) is 0 Å². The first-order chi connectivity index (χ1) is 13.1. The van der Waals surface area contributed by atoms with E-state index in [4.69, 9.17) is 0 Å². The lowest BCUT2D eigenvalue weighted by molar-refractivity contribution is -0.131. The number of hydrogen-bond donors (Lipinski definition) is 1. The molecule has 0 aromatic heterocycles. The number of nitrogens with zero attached hydrogens (tertiary/aromatic N) is 2. The minimum atomic E-state index is -0.0565. The fourth-order valence-electron chi connectivity index (χ4n) is 3.17. The Morgan fingerprint density at radius 2 is 1.59 bits per heavy atom. The number of benzene rings is 2. The minimum Gasteiger partial charge on any atom is -0.368 e. The van der Waals surface area contributed by atoms with Crippen LogP contribution in [-0.2, 0) is 16.0 Å². The Hall–Kier alpha value is -2.34. The molecule has 0 radical (unpaired) electrons. The Bertz CT molecular complexity index is 757. The molecule has 1 saturated heterocycles. The van der Waals surface area contributed by atoms with Crippen LogP contribution in [0.15, 0.2) is 59.1 Å². The second-order valence-electron chi connectivity index (χ2n) is 6.61. The van der Waals surface area contributed by atoms with Gasteiger partial charge in [-0.25, -0.2) is 0 Å². The highest BCUT2D eigenvalue weighted by Crippen LogP contribution is 2.16. The summed E-state index contributed by atoms with van der Waals surface area (Å²) in [6.07, 6.45) is 0.675. The number of halogens is 1. The first-order valence-electron chi connectivity index (χ1n) is 9.21. The van der Waals surface area contributed by atoms with Crippen molar-refractivity contribution in [3.05, 3.63) is 64.6 Å². The molecule has 27 heavy (non-hydrogen) atoms. The Kier molecular flexibility index (Phi) is 6.87. The van der Waals surface area contributed by atoms with Crippen molar-refractivity contribution in [2.24, 2.45) is 0 Å². The zero-order chi connectivity index (χ0) is 19.1. The van der Waals surface area contributed by atoms with Gasteiger partial charge in [0.05, 0.1) is 6.42 Å². The van der Waals surface area contributed by atoms with E-state index in [0.717, 1.165) is 36.2 Å². The largest absolute Gasteiger partial charge is 0.368 e. The Morgan fingerprint density at radius 3 is 2.26 bits per heavy atom. The Morgan fingerprint density at radius 1 is 0.926 bits per heavy atom. The van der Waals surface area contributed by atoms with Gasteiger partial charge in [0.25, 0.3) is 0 Å². The van der Waals surface area contributed by atoms with E-state index in [1.165, 1.54) is 5.69 Å². The highest BCUT2D eigenvalue weighted by Gasteiger charge is 2.20. The molecule has 0 saturated carbocycles. The number of carbonyl (C=O) groups is 2. The van der Waals surface area contributed by atoms with Crippen molar-refractivity contribution in [2.45, 2.75) is 12.8 Å². The standard InChI is InChI=1S/C21H24BrN3O2/c22-18-8-6-17(7-9-18)16-20(26)23-11-10-21(27)25-14-12-24(13-15-25)19-4-2-1-3-5-19/h1-9H,10-16H2,(H,23,26). The van der Waals surface area contributed by atoms with Crippen LogP contribution < -0.4 is 10.2 Å². The number of para-hydroxylation sites is 1. The van der Waals surface area contributed by atoms with Gasteiger partial charge in [-0.05, 0) is 29.8 Å². The van der Waals surface area contributed by atoms with E-state index in [2.05, 4.69) is 38.3 Å². The summed E-state index contributed by atoms with van der Waals surface area (Å²) in [5.41, 5.74) is 2.16. The normalized spacial score (nSPS) is 14.1. The summed E-state index contributed by atoms with van der Waals surface area (Å²) < 4.78 is 0.990. The van der Waals surface area contributed by atoms with Gasteiger partial charge in [0.1, 0.15) is 0 Å². The molecule has 1 aliphatic heterocycles. The molecule has 2 aromatic carbocycles. The van der Waals surface area contributed by atoms with Gasteiger partial charge in [-0.1, -0.05) is 46.3 Å². The first-order valence-corrected chi connectivity index (χ1v) is 10.00. The predicted molar refractivity (Wildman–Crippen MR) is 111 cm³/mol. The summed E-state index contributed by atoms with van der Waals surface area (Å²) in [7, 11) is 0. The molecule has 1 fully saturated rings. The number of anilines is 1. The van der Waals surface area contributed by atoms with Gasteiger partial charge in [-0.15, -0.1) is 0 Å². The second-order valence-corrected chi connectivity index (χ2v) is 7.52. The van der Waals surface area contributed by atoms with Gasteiger partial charge in [-0.3, -0.25) is 9.59 Å². The van der Waals surface area contributed by atoms with Crippen LogP contribution in [-0.4, -0.2) is 49.4 Å². The zero-order valence-corrected chi connectivity index (χ0v) is 16.8. The topological polar surface area (TPSA) is 52.7 Å². The molecule has 1 heterocycles.